The number of hydrogen-bond acceptors (Lipinski definition) is 3. The maximum atomic E-state index is 12.0. The monoisotopic (exact) mass is 286 g/mol. The van der Waals surface area contributed by atoms with Crippen molar-refractivity contribution in [2.24, 2.45) is 0 Å². The number of benzene rings is 1. The quantitative estimate of drug-likeness (QED) is 0.779. The third-order valence-corrected chi connectivity index (χ3v) is 3.78. The molecule has 0 saturated carbocycles. The smallest absolute Gasteiger partial charge is 0.352 e. The maximum Gasteiger partial charge on any atom is 0.352 e. The normalized spacial score (nSPS) is 23.1. The number of fused-ring (bicyclic) bond motifs is 1. The highest BCUT2D eigenvalue weighted by Gasteiger charge is 2.53. The van der Waals surface area contributed by atoms with Crippen molar-refractivity contribution in [3.8, 4) is 0 Å². The van der Waals surface area contributed by atoms with E-state index in [1.165, 1.54) is 11.0 Å². The van der Waals surface area contributed by atoms with E-state index in [1.807, 2.05) is 30.3 Å². The predicted molar refractivity (Wildman–Crippen MR) is 73.0 cm³/mol. The molecule has 2 atom stereocenters. The van der Waals surface area contributed by atoms with E-state index in [4.69, 9.17) is 5.11 Å². The van der Waals surface area contributed by atoms with Crippen molar-refractivity contribution in [2.45, 2.75) is 24.9 Å². The minimum absolute atomic E-state index is 0.0126. The van der Waals surface area contributed by atoms with Crippen molar-refractivity contribution < 1.29 is 19.5 Å². The predicted octanol–water partition coefficient (Wildman–Crippen LogP) is 0.297. The first-order valence-corrected chi connectivity index (χ1v) is 6.68. The van der Waals surface area contributed by atoms with E-state index in [1.54, 1.807) is 0 Å². The Labute approximate surface area is 121 Å². The molecule has 0 unspecified atom stereocenters. The van der Waals surface area contributed by atoms with Crippen molar-refractivity contribution >= 4 is 17.8 Å². The van der Waals surface area contributed by atoms with Gasteiger partial charge in [0, 0.05) is 0 Å². The lowest BCUT2D eigenvalue weighted by atomic mass is 9.95. The van der Waals surface area contributed by atoms with E-state index in [0.29, 0.717) is 6.42 Å². The molecule has 1 aromatic rings. The number of carboxylic acids is 1. The van der Waals surface area contributed by atoms with Crippen molar-refractivity contribution in [1.82, 2.24) is 10.2 Å². The molecule has 2 aliphatic rings. The number of amides is 2. The number of hydrogen-bond donors (Lipinski definition) is 2. The first kappa shape index (κ1) is 13.4. The van der Waals surface area contributed by atoms with Crippen LogP contribution in [-0.2, 0) is 20.8 Å². The van der Waals surface area contributed by atoms with Crippen molar-refractivity contribution in [2.75, 3.05) is 0 Å². The molecule has 2 amide bonds. The van der Waals surface area contributed by atoms with Gasteiger partial charge in [0.2, 0.25) is 5.91 Å². The Morgan fingerprint density at radius 2 is 2.00 bits per heavy atom. The summed E-state index contributed by atoms with van der Waals surface area (Å²) in [7, 11) is 0. The molecule has 1 aromatic carbocycles. The molecular formula is C15H14N2O4. The molecule has 108 valence electrons. The van der Waals surface area contributed by atoms with Gasteiger partial charge in [-0.15, -0.1) is 0 Å². The summed E-state index contributed by atoms with van der Waals surface area (Å²) in [6.45, 7) is 0. The van der Waals surface area contributed by atoms with Crippen LogP contribution in [0.1, 0.15) is 12.0 Å². The van der Waals surface area contributed by atoms with Crippen LogP contribution < -0.4 is 5.32 Å². The number of carbonyl (C=O) groups is 3. The highest BCUT2D eigenvalue weighted by atomic mass is 16.4. The summed E-state index contributed by atoms with van der Waals surface area (Å²) in [4.78, 5) is 36.1. The Hall–Kier alpha value is -2.63. The van der Waals surface area contributed by atoms with Gasteiger partial charge in [-0.1, -0.05) is 36.4 Å². The van der Waals surface area contributed by atoms with E-state index >= 15 is 0 Å². The minimum Gasteiger partial charge on any atom is -0.477 e. The number of aliphatic carboxylic acids is 1. The second kappa shape index (κ2) is 5.05. The first-order valence-electron chi connectivity index (χ1n) is 6.68. The molecule has 6 nitrogen and oxygen atoms in total. The molecule has 0 radical (unpaired) electrons. The number of β-lactam (4-membered cyclic amide) rings is 1. The summed E-state index contributed by atoms with van der Waals surface area (Å²) < 4.78 is 0. The third-order valence-electron chi connectivity index (χ3n) is 3.78. The van der Waals surface area contributed by atoms with Gasteiger partial charge in [0.15, 0.2) is 0 Å². The van der Waals surface area contributed by atoms with Crippen molar-refractivity contribution in [3.63, 3.8) is 0 Å². The fourth-order valence-electron chi connectivity index (χ4n) is 2.77. The van der Waals surface area contributed by atoms with Crippen LogP contribution in [0.5, 0.6) is 0 Å². The van der Waals surface area contributed by atoms with Crippen LogP contribution in [0.4, 0.5) is 0 Å². The van der Waals surface area contributed by atoms with E-state index in [9.17, 15) is 14.4 Å². The van der Waals surface area contributed by atoms with Crippen LogP contribution >= 0.6 is 0 Å². The van der Waals surface area contributed by atoms with Crippen molar-refractivity contribution in [1.29, 1.82) is 0 Å². The zero-order valence-corrected chi connectivity index (χ0v) is 11.2. The number of rotatable bonds is 4. The molecule has 21 heavy (non-hydrogen) atoms. The molecule has 3 rings (SSSR count). The maximum absolute atomic E-state index is 12.0. The standard InChI is InChI=1S/C15H14N2O4/c18-12(8-9-4-2-1-3-5-9)16-13-10-6-7-11(15(20)21)17(10)14(13)19/h1-5,7,10,13H,6,8H2,(H,16,18)(H,20,21)/t10-,13+/m1/s1. The van der Waals surface area contributed by atoms with Gasteiger partial charge in [0.1, 0.15) is 11.7 Å². The van der Waals surface area contributed by atoms with Gasteiger partial charge in [0.05, 0.1) is 12.5 Å². The minimum atomic E-state index is -1.11. The van der Waals surface area contributed by atoms with Gasteiger partial charge < -0.3 is 10.4 Å². The summed E-state index contributed by atoms with van der Waals surface area (Å²) >= 11 is 0. The summed E-state index contributed by atoms with van der Waals surface area (Å²) in [6, 6.07) is 8.37. The Morgan fingerprint density at radius 1 is 1.29 bits per heavy atom. The number of nitrogens with zero attached hydrogens (tertiary/aromatic N) is 1. The molecular weight excluding hydrogens is 272 g/mol. The van der Waals surface area contributed by atoms with Gasteiger partial charge in [0.25, 0.3) is 5.91 Å². The third kappa shape index (κ3) is 2.29. The Bertz CT molecular complexity index is 638. The highest BCUT2D eigenvalue weighted by Crippen LogP contribution is 2.34. The van der Waals surface area contributed by atoms with Gasteiger partial charge >= 0.3 is 5.97 Å². The SMILES string of the molecule is O=C(Cc1ccccc1)N[C@@H]1C(=O)N2C(C(=O)O)=CC[C@H]12. The fraction of sp³-hybridized carbons (Fsp3) is 0.267. The largest absolute Gasteiger partial charge is 0.477 e. The summed E-state index contributed by atoms with van der Waals surface area (Å²) in [5.74, 6) is -1.70. The van der Waals surface area contributed by atoms with Crippen LogP contribution in [0.2, 0.25) is 0 Å². The van der Waals surface area contributed by atoms with Crippen LogP contribution in [0.25, 0.3) is 0 Å². The average Bonchev–Trinajstić information content (AvgIpc) is 2.86. The Balaban J connectivity index is 1.60. The topological polar surface area (TPSA) is 86.7 Å². The van der Waals surface area contributed by atoms with Crippen LogP contribution in [0, 0.1) is 0 Å². The molecule has 0 aliphatic carbocycles. The van der Waals surface area contributed by atoms with Gasteiger partial charge in [-0.25, -0.2) is 4.79 Å². The second-order valence-electron chi connectivity index (χ2n) is 5.11. The van der Waals surface area contributed by atoms with Gasteiger partial charge in [-0.3, -0.25) is 14.5 Å². The fourth-order valence-corrected chi connectivity index (χ4v) is 2.77. The zero-order valence-electron chi connectivity index (χ0n) is 11.2. The van der Waals surface area contributed by atoms with Crippen LogP contribution in [0.15, 0.2) is 42.1 Å². The average molecular weight is 286 g/mol. The number of carbonyl (C=O) groups excluding carboxylic acids is 2. The molecule has 2 heterocycles. The lowest BCUT2D eigenvalue weighted by Gasteiger charge is -2.43. The van der Waals surface area contributed by atoms with E-state index in [0.717, 1.165) is 5.56 Å². The highest BCUT2D eigenvalue weighted by molar-refractivity contribution is 6.02. The van der Waals surface area contributed by atoms with E-state index in [-0.39, 0.29) is 30.0 Å². The zero-order chi connectivity index (χ0) is 15.0. The Morgan fingerprint density at radius 3 is 2.67 bits per heavy atom. The summed E-state index contributed by atoms with van der Waals surface area (Å²) in [6.07, 6.45) is 2.19. The summed E-state index contributed by atoms with van der Waals surface area (Å²) in [5, 5.41) is 11.7. The molecule has 6 heteroatoms. The molecule has 0 bridgehead atoms. The van der Waals surface area contributed by atoms with Gasteiger partial charge in [-0.2, -0.15) is 0 Å². The first-order chi connectivity index (χ1) is 10.1. The van der Waals surface area contributed by atoms with Crippen LogP contribution in [-0.4, -0.2) is 39.9 Å². The second-order valence-corrected chi connectivity index (χ2v) is 5.11. The van der Waals surface area contributed by atoms with E-state index < -0.39 is 12.0 Å². The molecule has 0 aromatic heterocycles. The molecule has 2 N–H and O–H groups in total. The van der Waals surface area contributed by atoms with Crippen molar-refractivity contribution in [3.05, 3.63) is 47.7 Å². The Kier molecular flexibility index (Phi) is 3.21. The number of carboxylic acid groups (broad SMARTS) is 1. The lowest BCUT2D eigenvalue weighted by Crippen LogP contribution is -2.68. The van der Waals surface area contributed by atoms with Crippen LogP contribution in [0.3, 0.4) is 0 Å². The summed E-state index contributed by atoms with van der Waals surface area (Å²) in [5.41, 5.74) is 0.882. The van der Waals surface area contributed by atoms with E-state index in [2.05, 4.69) is 5.32 Å². The number of nitrogens with one attached hydrogen (secondary N) is 1. The molecule has 1 saturated heterocycles. The molecule has 0 spiro atoms. The molecule has 1 fully saturated rings. The molecule has 2 aliphatic heterocycles. The lowest BCUT2D eigenvalue weighted by molar-refractivity contribution is -0.152. The van der Waals surface area contributed by atoms with Gasteiger partial charge in [-0.05, 0) is 12.0 Å².